The number of hydrogen-bond acceptors (Lipinski definition) is 3. The molecular weight excluding hydrogens is 350 g/mol. The Kier molecular flexibility index (Phi) is 5.10. The predicted octanol–water partition coefficient (Wildman–Crippen LogP) is 2.74. The second-order valence-corrected chi connectivity index (χ2v) is 7.32. The van der Waals surface area contributed by atoms with E-state index in [0.717, 1.165) is 0 Å². The summed E-state index contributed by atoms with van der Waals surface area (Å²) in [5.41, 5.74) is 1.07. The van der Waals surface area contributed by atoms with E-state index in [4.69, 9.17) is 5.73 Å². The molecular formula is C12H14F6N2O2S. The summed E-state index contributed by atoms with van der Waals surface area (Å²) in [6, 6.07) is 0.133. The van der Waals surface area contributed by atoms with Crippen LogP contribution < -0.4 is 10.5 Å². The van der Waals surface area contributed by atoms with Crippen LogP contribution in [-0.2, 0) is 22.4 Å². The summed E-state index contributed by atoms with van der Waals surface area (Å²) in [6.07, 6.45) is -10.3. The van der Waals surface area contributed by atoms with Crippen LogP contribution in [0, 0.1) is 0 Å². The highest BCUT2D eigenvalue weighted by Crippen LogP contribution is 2.37. The number of sulfonamides is 1. The van der Waals surface area contributed by atoms with E-state index in [-0.39, 0.29) is 24.7 Å². The molecule has 0 aromatic heterocycles. The fraction of sp³-hybridized carbons (Fsp3) is 0.500. The first-order chi connectivity index (χ1) is 10.0. The van der Waals surface area contributed by atoms with Gasteiger partial charge in [-0.1, -0.05) is 0 Å². The summed E-state index contributed by atoms with van der Waals surface area (Å²) in [7, 11) is -4.59. The number of nitrogens with one attached hydrogen (secondary N) is 1. The van der Waals surface area contributed by atoms with E-state index in [1.165, 1.54) is 13.8 Å². The molecule has 0 radical (unpaired) electrons. The molecule has 0 saturated carbocycles. The van der Waals surface area contributed by atoms with Crippen LogP contribution in [0.5, 0.6) is 0 Å². The van der Waals surface area contributed by atoms with Crippen LogP contribution in [0.25, 0.3) is 0 Å². The summed E-state index contributed by atoms with van der Waals surface area (Å²) in [5.74, 6) is 0. The molecule has 1 aromatic carbocycles. The monoisotopic (exact) mass is 364 g/mol. The smallest absolute Gasteiger partial charge is 0.324 e. The van der Waals surface area contributed by atoms with Gasteiger partial charge in [0.05, 0.1) is 16.0 Å². The fourth-order valence-corrected chi connectivity index (χ4v) is 2.74. The highest BCUT2D eigenvalue weighted by atomic mass is 32.2. The van der Waals surface area contributed by atoms with E-state index in [1.807, 2.05) is 4.72 Å². The molecule has 0 saturated heterocycles. The first kappa shape index (κ1) is 19.7. The molecule has 0 heterocycles. The molecule has 4 nitrogen and oxygen atoms in total. The van der Waals surface area contributed by atoms with Gasteiger partial charge < -0.3 is 5.73 Å². The van der Waals surface area contributed by atoms with Gasteiger partial charge in [-0.25, -0.2) is 13.1 Å². The maximum Gasteiger partial charge on any atom is 0.416 e. The van der Waals surface area contributed by atoms with Crippen molar-refractivity contribution in [2.45, 2.75) is 36.6 Å². The zero-order valence-electron chi connectivity index (χ0n) is 12.0. The van der Waals surface area contributed by atoms with Gasteiger partial charge in [0.1, 0.15) is 0 Å². The van der Waals surface area contributed by atoms with Crippen LogP contribution in [0.2, 0.25) is 0 Å². The van der Waals surface area contributed by atoms with E-state index < -0.39 is 43.9 Å². The van der Waals surface area contributed by atoms with Gasteiger partial charge in [0, 0.05) is 12.1 Å². The van der Waals surface area contributed by atoms with Gasteiger partial charge in [0.25, 0.3) is 0 Å². The summed E-state index contributed by atoms with van der Waals surface area (Å²) >= 11 is 0. The maximum absolute atomic E-state index is 12.7. The lowest BCUT2D eigenvalue weighted by molar-refractivity contribution is -0.143. The first-order valence-corrected chi connectivity index (χ1v) is 7.59. The van der Waals surface area contributed by atoms with Gasteiger partial charge in [-0.05, 0) is 32.0 Å². The van der Waals surface area contributed by atoms with E-state index in [0.29, 0.717) is 0 Å². The van der Waals surface area contributed by atoms with Crippen molar-refractivity contribution in [1.82, 2.24) is 4.72 Å². The molecule has 0 amide bonds. The van der Waals surface area contributed by atoms with Crippen LogP contribution in [0.4, 0.5) is 26.3 Å². The number of halogens is 6. The SMILES string of the molecule is CC(C)(N)CNS(=O)(=O)c1cc(C(F)(F)F)cc(C(F)(F)F)c1. The second kappa shape index (κ2) is 5.95. The molecule has 0 aliphatic heterocycles. The van der Waals surface area contributed by atoms with Crippen molar-refractivity contribution < 1.29 is 34.8 Å². The van der Waals surface area contributed by atoms with Gasteiger partial charge in [0.15, 0.2) is 0 Å². The molecule has 0 bridgehead atoms. The van der Waals surface area contributed by atoms with E-state index in [1.54, 1.807) is 0 Å². The van der Waals surface area contributed by atoms with Gasteiger partial charge in [-0.2, -0.15) is 26.3 Å². The lowest BCUT2D eigenvalue weighted by Gasteiger charge is -2.20. The molecule has 0 aliphatic rings. The normalized spacial score (nSPS) is 14.1. The lowest BCUT2D eigenvalue weighted by Crippen LogP contribution is -2.45. The number of nitrogens with two attached hydrogens (primary N) is 1. The Labute approximate surface area is 128 Å². The van der Waals surface area contributed by atoms with Crippen LogP contribution in [0.15, 0.2) is 23.1 Å². The van der Waals surface area contributed by atoms with Crippen LogP contribution in [-0.4, -0.2) is 20.5 Å². The average Bonchev–Trinajstić information content (AvgIpc) is 2.33. The van der Waals surface area contributed by atoms with Crippen LogP contribution in [0.3, 0.4) is 0 Å². The zero-order chi connectivity index (χ0) is 18.3. The highest BCUT2D eigenvalue weighted by Gasteiger charge is 2.38. The first-order valence-electron chi connectivity index (χ1n) is 6.10. The Hall–Kier alpha value is -1.33. The minimum absolute atomic E-state index is 0.140. The van der Waals surface area contributed by atoms with Gasteiger partial charge in [-0.15, -0.1) is 0 Å². The standard InChI is InChI=1S/C12H14F6N2O2S/c1-10(2,19)6-20-23(21,22)9-4-7(11(13,14)15)3-8(5-9)12(16,17)18/h3-5,20H,6,19H2,1-2H3. The number of alkyl halides is 6. The molecule has 0 aliphatic carbocycles. The van der Waals surface area contributed by atoms with Crippen molar-refractivity contribution >= 4 is 10.0 Å². The Bertz CT molecular complexity index is 642. The number of benzene rings is 1. The lowest BCUT2D eigenvalue weighted by atomic mass is 10.1. The van der Waals surface area contributed by atoms with Crippen LogP contribution >= 0.6 is 0 Å². The molecule has 23 heavy (non-hydrogen) atoms. The van der Waals surface area contributed by atoms with Gasteiger partial charge in [-0.3, -0.25) is 0 Å². The molecule has 1 rings (SSSR count). The molecule has 11 heteroatoms. The van der Waals surface area contributed by atoms with E-state index in [9.17, 15) is 34.8 Å². The van der Waals surface area contributed by atoms with E-state index in [2.05, 4.69) is 0 Å². The maximum atomic E-state index is 12.7. The molecule has 0 spiro atoms. The van der Waals surface area contributed by atoms with E-state index >= 15 is 0 Å². The van der Waals surface area contributed by atoms with Crippen molar-refractivity contribution in [3.63, 3.8) is 0 Å². The topological polar surface area (TPSA) is 72.2 Å². The highest BCUT2D eigenvalue weighted by molar-refractivity contribution is 7.89. The summed E-state index contributed by atoms with van der Waals surface area (Å²) in [4.78, 5) is -1.14. The average molecular weight is 364 g/mol. The zero-order valence-corrected chi connectivity index (χ0v) is 12.8. The third-order valence-corrected chi connectivity index (χ3v) is 3.97. The Morgan fingerprint density at radius 1 is 0.957 bits per heavy atom. The van der Waals surface area contributed by atoms with Crippen molar-refractivity contribution in [2.24, 2.45) is 5.73 Å². The Balaban J connectivity index is 3.41. The van der Waals surface area contributed by atoms with Crippen molar-refractivity contribution in [3.8, 4) is 0 Å². The minimum atomic E-state index is -5.13. The Morgan fingerprint density at radius 3 is 1.65 bits per heavy atom. The third-order valence-electron chi connectivity index (χ3n) is 2.59. The van der Waals surface area contributed by atoms with Crippen molar-refractivity contribution in [3.05, 3.63) is 29.3 Å². The summed E-state index contributed by atoms with van der Waals surface area (Å²) < 4.78 is 102. The molecule has 1 aromatic rings. The third kappa shape index (κ3) is 5.66. The summed E-state index contributed by atoms with van der Waals surface area (Å²) in [6.45, 7) is 2.50. The van der Waals surface area contributed by atoms with Gasteiger partial charge >= 0.3 is 12.4 Å². The largest absolute Gasteiger partial charge is 0.416 e. The van der Waals surface area contributed by atoms with Crippen molar-refractivity contribution in [2.75, 3.05) is 6.54 Å². The van der Waals surface area contributed by atoms with Crippen molar-refractivity contribution in [1.29, 1.82) is 0 Å². The quantitative estimate of drug-likeness (QED) is 0.807. The molecule has 0 atom stereocenters. The molecule has 0 unspecified atom stereocenters. The molecule has 132 valence electrons. The molecule has 3 N–H and O–H groups in total. The number of hydrogen-bond donors (Lipinski definition) is 2. The fourth-order valence-electron chi connectivity index (χ4n) is 1.45. The minimum Gasteiger partial charge on any atom is -0.324 e. The second-order valence-electron chi connectivity index (χ2n) is 5.55. The summed E-state index contributed by atoms with van der Waals surface area (Å²) in [5, 5.41) is 0. The number of rotatable bonds is 4. The molecule has 0 fully saturated rings. The predicted molar refractivity (Wildman–Crippen MR) is 69.9 cm³/mol. The Morgan fingerprint density at radius 2 is 1.35 bits per heavy atom. The van der Waals surface area contributed by atoms with Gasteiger partial charge in [0.2, 0.25) is 10.0 Å². The van der Waals surface area contributed by atoms with Crippen LogP contribution in [0.1, 0.15) is 25.0 Å².